The fourth-order valence-electron chi connectivity index (χ4n) is 9.05. The zero-order valence-electron chi connectivity index (χ0n) is 36.5. The van der Waals surface area contributed by atoms with Crippen LogP contribution in [0.5, 0.6) is 0 Å². The first kappa shape index (κ1) is 40.0. The third kappa shape index (κ3) is 7.71. The van der Waals surface area contributed by atoms with Crippen molar-refractivity contribution < 1.29 is 0 Å². The van der Waals surface area contributed by atoms with Gasteiger partial charge in [0, 0.05) is 0 Å². The summed E-state index contributed by atoms with van der Waals surface area (Å²) in [5.74, 6) is 14.8. The van der Waals surface area contributed by atoms with Crippen LogP contribution in [0.25, 0.3) is 54.6 Å². The summed E-state index contributed by atoms with van der Waals surface area (Å²) in [6.45, 7) is 0. The summed E-state index contributed by atoms with van der Waals surface area (Å²) in [6, 6.07) is 77.0. The van der Waals surface area contributed by atoms with Gasteiger partial charge >= 0.3 is 362 Å². The molecular formula is C58H52Ge2N2. The molecule has 0 spiro atoms. The van der Waals surface area contributed by atoms with Crippen LogP contribution in [0.3, 0.4) is 0 Å². The zero-order chi connectivity index (χ0) is 42.6. The SMILES string of the molecule is [CH3][Ge]([CH3])([CH3])[c]1ccc(N(c2ccc(-c3ccccc3)cc2)c2cc3ccc4cc(N(c5ccc(-c6ccccc6)cc5)c5cc[c]([Ge]([CH3])([CH3])[CH3])cc5)cc5ccc(c2)c3c45)cc1. The van der Waals surface area contributed by atoms with E-state index < -0.39 is 26.5 Å². The molecule has 0 saturated carbocycles. The average Bonchev–Trinajstić information content (AvgIpc) is 3.29. The molecule has 10 aromatic rings. The quantitative estimate of drug-likeness (QED) is 0.0996. The van der Waals surface area contributed by atoms with E-state index in [2.05, 4.69) is 251 Å². The van der Waals surface area contributed by atoms with E-state index in [4.69, 9.17) is 0 Å². The van der Waals surface area contributed by atoms with Crippen molar-refractivity contribution in [2.24, 2.45) is 0 Å². The minimum absolute atomic E-state index is 1.14. The summed E-state index contributed by atoms with van der Waals surface area (Å²) in [5, 5.41) is 7.59. The Morgan fingerprint density at radius 3 is 0.790 bits per heavy atom. The number of benzene rings is 10. The van der Waals surface area contributed by atoms with Gasteiger partial charge in [-0.05, 0) is 0 Å². The molecule has 4 heteroatoms. The van der Waals surface area contributed by atoms with Crippen LogP contribution in [0, 0.1) is 0 Å². The van der Waals surface area contributed by atoms with Gasteiger partial charge < -0.3 is 0 Å². The second-order valence-corrected chi connectivity index (χ2v) is 40.1. The Balaban J connectivity index is 1.09. The van der Waals surface area contributed by atoms with E-state index in [1.807, 2.05) is 0 Å². The average molecular weight is 922 g/mol. The summed E-state index contributed by atoms with van der Waals surface area (Å²) in [5.41, 5.74) is 11.8. The van der Waals surface area contributed by atoms with Crippen molar-refractivity contribution in [2.45, 2.75) is 34.5 Å². The first-order chi connectivity index (χ1) is 30.0. The molecule has 0 heterocycles. The molecule has 0 aromatic heterocycles. The predicted octanol–water partition coefficient (Wildman–Crippen LogP) is 15.9. The number of hydrogen-bond donors (Lipinski definition) is 0. The van der Waals surface area contributed by atoms with E-state index in [1.54, 1.807) is 0 Å². The number of anilines is 6. The van der Waals surface area contributed by atoms with Gasteiger partial charge in [0.05, 0.1) is 0 Å². The molecule has 0 bridgehead atoms. The maximum atomic E-state index is 2.46. The summed E-state index contributed by atoms with van der Waals surface area (Å²) < 4.78 is 3.02. The molecule has 0 unspecified atom stereocenters. The Labute approximate surface area is 372 Å². The van der Waals surface area contributed by atoms with Crippen molar-refractivity contribution in [1.29, 1.82) is 0 Å². The molecule has 0 amide bonds. The molecule has 62 heavy (non-hydrogen) atoms. The molecule has 2 nitrogen and oxygen atoms in total. The van der Waals surface area contributed by atoms with Gasteiger partial charge in [0.15, 0.2) is 0 Å². The number of nitrogens with zero attached hydrogens (tertiary/aromatic N) is 2. The maximum absolute atomic E-state index is 2.46. The second-order valence-electron chi connectivity index (χ2n) is 18.8. The predicted molar refractivity (Wildman–Crippen MR) is 276 cm³/mol. The summed E-state index contributed by atoms with van der Waals surface area (Å²) in [4.78, 5) is 4.85. The van der Waals surface area contributed by atoms with Gasteiger partial charge in [-0.2, -0.15) is 0 Å². The molecule has 10 aromatic carbocycles. The molecular weight excluding hydrogens is 870 g/mol. The van der Waals surface area contributed by atoms with Gasteiger partial charge in [-0.25, -0.2) is 0 Å². The Bertz CT molecular complexity index is 2860. The van der Waals surface area contributed by atoms with Crippen LogP contribution in [-0.2, 0) is 0 Å². The fraction of sp³-hybridized carbons (Fsp3) is 0.103. The van der Waals surface area contributed by atoms with E-state index in [0.29, 0.717) is 0 Å². The van der Waals surface area contributed by atoms with E-state index >= 15 is 0 Å². The van der Waals surface area contributed by atoms with Crippen LogP contribution in [-0.4, -0.2) is 26.5 Å². The molecule has 0 N–H and O–H groups in total. The summed E-state index contributed by atoms with van der Waals surface area (Å²) in [6.07, 6.45) is 0. The summed E-state index contributed by atoms with van der Waals surface area (Å²) in [7, 11) is 0. The Morgan fingerprint density at radius 2 is 0.516 bits per heavy atom. The van der Waals surface area contributed by atoms with Crippen molar-refractivity contribution >= 4 is 102 Å². The minimum atomic E-state index is -2.01. The van der Waals surface area contributed by atoms with Crippen molar-refractivity contribution in [2.75, 3.05) is 9.80 Å². The monoisotopic (exact) mass is 924 g/mol. The van der Waals surface area contributed by atoms with Crippen molar-refractivity contribution in [1.82, 2.24) is 0 Å². The standard InChI is InChI=1S/C58H52Ge2N2/c1-59(2,3)49-25-33-53(34-26-49)61(51-29-21-43(22-30-51)41-13-9-7-10-14-41)55-37-45-17-19-47-39-56(40-48-20-18-46(38-55)57(45)58(47)48)62(54-35-27-50(28-36-54)60(4,5)6)52-31-23-44(24-32-52)42-15-11-8-12-16-42/h7-40H,1-6H3. The molecule has 0 aliphatic rings. The van der Waals surface area contributed by atoms with Gasteiger partial charge in [0.25, 0.3) is 0 Å². The third-order valence-corrected chi connectivity index (χ3v) is 21.1. The van der Waals surface area contributed by atoms with E-state index in [-0.39, 0.29) is 0 Å². The Kier molecular flexibility index (Phi) is 10.3. The van der Waals surface area contributed by atoms with Gasteiger partial charge in [0.1, 0.15) is 0 Å². The van der Waals surface area contributed by atoms with Gasteiger partial charge in [0.2, 0.25) is 0 Å². The van der Waals surface area contributed by atoms with E-state index in [0.717, 1.165) is 22.7 Å². The molecule has 0 saturated heterocycles. The molecule has 0 aliphatic carbocycles. The van der Waals surface area contributed by atoms with Crippen molar-refractivity contribution in [3.8, 4) is 22.3 Å². The fourth-order valence-corrected chi connectivity index (χ4v) is 13.9. The molecule has 10 rings (SSSR count). The van der Waals surface area contributed by atoms with Gasteiger partial charge in [-0.15, -0.1) is 0 Å². The van der Waals surface area contributed by atoms with Crippen LogP contribution in [0.1, 0.15) is 0 Å². The molecule has 0 radical (unpaired) electrons. The van der Waals surface area contributed by atoms with Crippen LogP contribution < -0.4 is 18.6 Å². The van der Waals surface area contributed by atoms with Crippen LogP contribution in [0.4, 0.5) is 34.1 Å². The van der Waals surface area contributed by atoms with Crippen molar-refractivity contribution in [3.63, 3.8) is 0 Å². The first-order valence-corrected chi connectivity index (χ1v) is 36.5. The zero-order valence-corrected chi connectivity index (χ0v) is 40.7. The van der Waals surface area contributed by atoms with Crippen molar-refractivity contribution in [3.05, 3.63) is 206 Å². The molecule has 0 atom stereocenters. The van der Waals surface area contributed by atoms with Crippen LogP contribution in [0.15, 0.2) is 206 Å². The topological polar surface area (TPSA) is 6.48 Å². The van der Waals surface area contributed by atoms with Gasteiger partial charge in [-0.3, -0.25) is 0 Å². The van der Waals surface area contributed by atoms with E-state index in [1.165, 1.54) is 74.7 Å². The summed E-state index contributed by atoms with van der Waals surface area (Å²) >= 11 is -4.01. The first-order valence-electron chi connectivity index (χ1n) is 21.8. The van der Waals surface area contributed by atoms with Crippen LogP contribution >= 0.6 is 0 Å². The number of rotatable bonds is 10. The Morgan fingerprint density at radius 1 is 0.258 bits per heavy atom. The molecule has 0 aliphatic heterocycles. The van der Waals surface area contributed by atoms with E-state index in [9.17, 15) is 0 Å². The van der Waals surface area contributed by atoms with Crippen LogP contribution in [0.2, 0.25) is 34.5 Å². The molecule has 302 valence electrons. The Hall–Kier alpha value is -6.07. The third-order valence-electron chi connectivity index (χ3n) is 12.5. The second kappa shape index (κ2) is 16.0. The molecule has 0 fully saturated rings. The normalized spacial score (nSPS) is 12.0. The van der Waals surface area contributed by atoms with Gasteiger partial charge in [-0.1, -0.05) is 12.1 Å². The number of hydrogen-bond acceptors (Lipinski definition) is 2.